The molecule has 7 rings (SSSR count). The predicted octanol–water partition coefficient (Wildman–Crippen LogP) is 2.24. The maximum atomic E-state index is 12.7. The van der Waals surface area contributed by atoms with Gasteiger partial charge in [0.1, 0.15) is 34.9 Å². The van der Waals surface area contributed by atoms with E-state index < -0.39 is 52.0 Å². The summed E-state index contributed by atoms with van der Waals surface area (Å²) in [6, 6.07) is 0. The molecule has 10 nitrogen and oxygen atoms in total. The molecule has 2 bridgehead atoms. The topological polar surface area (TPSA) is 122 Å². The van der Waals surface area contributed by atoms with Gasteiger partial charge in [-0.2, -0.15) is 0 Å². The van der Waals surface area contributed by atoms with E-state index >= 15 is 0 Å². The summed E-state index contributed by atoms with van der Waals surface area (Å²) >= 11 is 0. The first-order chi connectivity index (χ1) is 16.8. The van der Waals surface area contributed by atoms with Crippen LogP contribution in [0, 0.1) is 18.3 Å². The number of ether oxygens (including phenoxy) is 7. The summed E-state index contributed by atoms with van der Waals surface area (Å²) in [4.78, 5) is 12.7. The standard InChI is InChI=1S/C26H32O10/c1-12-13-9-32-20(28)14(13)18(30-5)15-16(27)19-21(2)7-8-25(31-6)35-23(4)11-33-24(29,26(21,23)36-25)10-22(19,3)34-17(12)15/h16,19,27,29H,7-11H2,1-6H3/t16-,19+,21-,22+,23-,24-,25+,26+/m1/s1. The number of carbonyl (C=O) groups is 1. The highest BCUT2D eigenvalue weighted by atomic mass is 16.9. The summed E-state index contributed by atoms with van der Waals surface area (Å²) in [5, 5.41) is 24.4. The van der Waals surface area contributed by atoms with Crippen molar-refractivity contribution in [3.05, 3.63) is 22.3 Å². The quantitative estimate of drug-likeness (QED) is 0.580. The third-order valence-electron chi connectivity index (χ3n) is 10.1. The van der Waals surface area contributed by atoms with Gasteiger partial charge < -0.3 is 43.4 Å². The van der Waals surface area contributed by atoms with Gasteiger partial charge in [-0.3, -0.25) is 0 Å². The number of hydrogen-bond donors (Lipinski definition) is 2. The molecule has 0 aromatic heterocycles. The van der Waals surface area contributed by atoms with Gasteiger partial charge in [-0.05, 0) is 32.8 Å². The van der Waals surface area contributed by atoms with Crippen molar-refractivity contribution in [3.63, 3.8) is 0 Å². The molecule has 0 unspecified atom stereocenters. The number of methoxy groups -OCH3 is 2. The van der Waals surface area contributed by atoms with E-state index in [1.165, 1.54) is 14.2 Å². The Kier molecular flexibility index (Phi) is 4.10. The van der Waals surface area contributed by atoms with E-state index in [-0.39, 0.29) is 25.4 Å². The summed E-state index contributed by atoms with van der Waals surface area (Å²) in [5.74, 6) is -3.41. The number of rotatable bonds is 2. The zero-order chi connectivity index (χ0) is 25.7. The lowest BCUT2D eigenvalue weighted by molar-refractivity contribution is -0.440. The Morgan fingerprint density at radius 3 is 2.56 bits per heavy atom. The van der Waals surface area contributed by atoms with Gasteiger partial charge in [0, 0.05) is 36.8 Å². The molecule has 5 aliphatic heterocycles. The fraction of sp³-hybridized carbons (Fsp3) is 0.731. The molecule has 0 amide bonds. The van der Waals surface area contributed by atoms with E-state index in [1.54, 1.807) is 0 Å². The Balaban J connectivity index is 1.49. The molecule has 196 valence electrons. The summed E-state index contributed by atoms with van der Waals surface area (Å²) in [7, 11) is 3.00. The van der Waals surface area contributed by atoms with Crippen LogP contribution in [0.25, 0.3) is 0 Å². The lowest BCUT2D eigenvalue weighted by Gasteiger charge is -2.67. The van der Waals surface area contributed by atoms with Gasteiger partial charge in [0.15, 0.2) is 5.60 Å². The van der Waals surface area contributed by atoms with Gasteiger partial charge in [0.05, 0.1) is 25.4 Å². The Bertz CT molecular complexity index is 1230. The molecule has 8 atom stereocenters. The van der Waals surface area contributed by atoms with E-state index in [0.717, 1.165) is 0 Å². The maximum absolute atomic E-state index is 12.7. The van der Waals surface area contributed by atoms with Gasteiger partial charge >= 0.3 is 5.97 Å². The third kappa shape index (κ3) is 2.14. The van der Waals surface area contributed by atoms with Crippen LogP contribution in [-0.2, 0) is 30.3 Å². The van der Waals surface area contributed by atoms with Crippen molar-refractivity contribution in [2.45, 2.75) is 88.2 Å². The number of hydrogen-bond acceptors (Lipinski definition) is 10. The molecule has 4 fully saturated rings. The second-order valence-corrected chi connectivity index (χ2v) is 11.8. The molecule has 1 aromatic carbocycles. The first-order valence-corrected chi connectivity index (χ1v) is 12.4. The zero-order valence-electron chi connectivity index (χ0n) is 21.4. The molecule has 1 aromatic rings. The minimum absolute atomic E-state index is 0.0315. The van der Waals surface area contributed by atoms with Crippen molar-refractivity contribution < 1.29 is 48.2 Å². The van der Waals surface area contributed by atoms with Crippen LogP contribution in [0.3, 0.4) is 0 Å². The molecule has 1 saturated carbocycles. The number of benzene rings is 1. The van der Waals surface area contributed by atoms with Crippen LogP contribution in [0.4, 0.5) is 0 Å². The molecule has 10 heteroatoms. The van der Waals surface area contributed by atoms with Crippen molar-refractivity contribution in [2.24, 2.45) is 11.3 Å². The number of aliphatic hydroxyl groups excluding tert-OH is 1. The van der Waals surface area contributed by atoms with Crippen LogP contribution >= 0.6 is 0 Å². The molecule has 2 N–H and O–H groups in total. The summed E-state index contributed by atoms with van der Waals surface area (Å²) in [5.41, 5.74) is -2.16. The number of fused-ring (bicyclic) bond motifs is 5. The monoisotopic (exact) mass is 504 g/mol. The van der Waals surface area contributed by atoms with Crippen LogP contribution in [-0.4, -0.2) is 65.6 Å². The molecule has 1 aliphatic carbocycles. The first kappa shape index (κ1) is 23.2. The lowest BCUT2D eigenvalue weighted by atomic mass is 9.44. The Labute approximate surface area is 208 Å². The highest BCUT2D eigenvalue weighted by molar-refractivity contribution is 5.98. The van der Waals surface area contributed by atoms with Crippen LogP contribution < -0.4 is 9.47 Å². The van der Waals surface area contributed by atoms with Gasteiger partial charge in [0.25, 0.3) is 5.97 Å². The van der Waals surface area contributed by atoms with Crippen molar-refractivity contribution in [2.75, 3.05) is 20.8 Å². The minimum atomic E-state index is -1.76. The SMILES string of the molecule is COc1c2c(c(C)c3c1[C@@H](O)[C@@H]1[C@](C)(C[C@@]4(O)OC[C@@]5(C)O[C@@]6(OC)CC[C@@]1(C)[C@]54O6)O3)COC2=O. The van der Waals surface area contributed by atoms with E-state index in [4.69, 9.17) is 33.2 Å². The van der Waals surface area contributed by atoms with Crippen molar-refractivity contribution in [3.8, 4) is 11.5 Å². The van der Waals surface area contributed by atoms with Crippen molar-refractivity contribution >= 4 is 5.97 Å². The van der Waals surface area contributed by atoms with Crippen LogP contribution in [0.5, 0.6) is 11.5 Å². The highest BCUT2D eigenvalue weighted by Gasteiger charge is 2.90. The molecule has 36 heavy (non-hydrogen) atoms. The fourth-order valence-electron chi connectivity index (χ4n) is 8.91. The highest BCUT2D eigenvalue weighted by Crippen LogP contribution is 2.77. The minimum Gasteiger partial charge on any atom is -0.495 e. The van der Waals surface area contributed by atoms with Gasteiger partial charge in [-0.15, -0.1) is 0 Å². The van der Waals surface area contributed by atoms with Crippen LogP contribution in [0.1, 0.15) is 73.2 Å². The smallest absolute Gasteiger partial charge is 0.342 e. The molecule has 6 aliphatic rings. The van der Waals surface area contributed by atoms with Crippen LogP contribution in [0.15, 0.2) is 0 Å². The molecule has 5 heterocycles. The molecule has 0 radical (unpaired) electrons. The zero-order valence-corrected chi connectivity index (χ0v) is 21.4. The molecule has 1 spiro atoms. The van der Waals surface area contributed by atoms with Crippen LogP contribution in [0.2, 0.25) is 0 Å². The fourth-order valence-corrected chi connectivity index (χ4v) is 8.91. The Morgan fingerprint density at radius 1 is 1.11 bits per heavy atom. The number of esters is 1. The number of carbonyl (C=O) groups excluding carboxylic acids is 1. The first-order valence-electron chi connectivity index (χ1n) is 12.4. The van der Waals surface area contributed by atoms with Gasteiger partial charge in [-0.1, -0.05) is 6.92 Å². The van der Waals surface area contributed by atoms with E-state index in [2.05, 4.69) is 0 Å². The van der Waals surface area contributed by atoms with Crippen molar-refractivity contribution in [1.82, 2.24) is 0 Å². The maximum Gasteiger partial charge on any atom is 0.342 e. The van der Waals surface area contributed by atoms with Crippen molar-refractivity contribution in [1.29, 1.82) is 0 Å². The normalized spacial score (nSPS) is 49.5. The average Bonchev–Trinajstić information content (AvgIpc) is 3.38. The second kappa shape index (κ2) is 6.36. The van der Waals surface area contributed by atoms with Gasteiger partial charge in [0.2, 0.25) is 5.79 Å². The number of aliphatic hydroxyl groups is 2. The summed E-state index contributed by atoms with van der Waals surface area (Å²) in [6.45, 7) is 7.82. The van der Waals surface area contributed by atoms with Gasteiger partial charge in [-0.25, -0.2) is 4.79 Å². The number of cyclic esters (lactones) is 1. The predicted molar refractivity (Wildman–Crippen MR) is 120 cm³/mol. The molecular weight excluding hydrogens is 472 g/mol. The molecule has 3 saturated heterocycles. The average molecular weight is 505 g/mol. The third-order valence-corrected chi connectivity index (χ3v) is 10.1. The Morgan fingerprint density at radius 2 is 1.86 bits per heavy atom. The summed E-state index contributed by atoms with van der Waals surface area (Å²) in [6.07, 6.45) is -0.165. The summed E-state index contributed by atoms with van der Waals surface area (Å²) < 4.78 is 42.7. The van der Waals surface area contributed by atoms with E-state index in [1.807, 2.05) is 27.7 Å². The van der Waals surface area contributed by atoms with E-state index in [0.29, 0.717) is 40.8 Å². The van der Waals surface area contributed by atoms with E-state index in [9.17, 15) is 15.0 Å². The second-order valence-electron chi connectivity index (χ2n) is 11.8. The molecular formula is C26H32O10. The Hall–Kier alpha value is -1.95. The largest absolute Gasteiger partial charge is 0.495 e. The lowest BCUT2D eigenvalue weighted by Crippen LogP contribution is -2.80.